The highest BCUT2D eigenvalue weighted by Crippen LogP contribution is 2.33. The first-order valence-corrected chi connectivity index (χ1v) is 6.16. The van der Waals surface area contributed by atoms with Gasteiger partial charge in [-0.2, -0.15) is 0 Å². The number of benzene rings is 1. The van der Waals surface area contributed by atoms with Gasteiger partial charge in [0.15, 0.2) is 23.0 Å². The number of rotatable bonds is 4. The zero-order valence-corrected chi connectivity index (χ0v) is 11.2. The summed E-state index contributed by atoms with van der Waals surface area (Å²) in [5.41, 5.74) is 1.74. The summed E-state index contributed by atoms with van der Waals surface area (Å²) in [5.74, 6) is 0.759. The number of aromatic hydroxyl groups is 2. The van der Waals surface area contributed by atoms with Crippen LogP contribution in [0.2, 0.25) is 0 Å². The molecule has 0 radical (unpaired) electrons. The molecule has 108 valence electrons. The first-order valence-electron chi connectivity index (χ1n) is 6.16. The van der Waals surface area contributed by atoms with E-state index in [-0.39, 0.29) is 23.8 Å². The molecule has 0 bridgehead atoms. The number of ether oxygens (including phenoxy) is 1. The van der Waals surface area contributed by atoms with Crippen LogP contribution in [0, 0.1) is 0 Å². The lowest BCUT2D eigenvalue weighted by Gasteiger charge is -2.10. The van der Waals surface area contributed by atoms with Crippen molar-refractivity contribution in [3.05, 3.63) is 30.4 Å². The number of aromatic amines is 1. The minimum absolute atomic E-state index is 0.0204. The highest BCUT2D eigenvalue weighted by Gasteiger charge is 2.10. The molecule has 8 nitrogen and oxygen atoms in total. The SMILES string of the molecule is COc1cc(O)c(CNc2ncnc3nc[nH]c23)cc1O. The predicted molar refractivity (Wildman–Crippen MR) is 75.3 cm³/mol. The predicted octanol–water partition coefficient (Wildman–Crippen LogP) is 1.38. The molecule has 8 heteroatoms. The summed E-state index contributed by atoms with van der Waals surface area (Å²) in [6, 6.07) is 2.80. The molecule has 3 aromatic rings. The summed E-state index contributed by atoms with van der Waals surface area (Å²) in [6.45, 7) is 0.272. The number of hydrogen-bond acceptors (Lipinski definition) is 7. The molecule has 1 aromatic carbocycles. The molecule has 0 saturated heterocycles. The maximum atomic E-state index is 9.91. The lowest BCUT2D eigenvalue weighted by atomic mass is 10.1. The monoisotopic (exact) mass is 287 g/mol. The standard InChI is InChI=1S/C13H13N5O3/c1-21-10-3-8(19)7(2-9(10)20)4-14-12-11-13(16-5-15-11)18-6-17-12/h2-3,5-6,19-20H,4H2,1H3,(H2,14,15,16,17,18). The van der Waals surface area contributed by atoms with Gasteiger partial charge in [0.25, 0.3) is 0 Å². The van der Waals surface area contributed by atoms with Gasteiger partial charge in [0.2, 0.25) is 0 Å². The molecular formula is C13H13N5O3. The molecule has 0 unspecified atom stereocenters. The Morgan fingerprint density at radius 3 is 2.86 bits per heavy atom. The number of anilines is 1. The number of methoxy groups -OCH3 is 1. The Bertz CT molecular complexity index is 787. The van der Waals surface area contributed by atoms with Crippen molar-refractivity contribution in [2.45, 2.75) is 6.54 Å². The largest absolute Gasteiger partial charge is 0.507 e. The van der Waals surface area contributed by atoms with Gasteiger partial charge < -0.3 is 25.3 Å². The van der Waals surface area contributed by atoms with E-state index in [1.807, 2.05) is 0 Å². The zero-order valence-electron chi connectivity index (χ0n) is 11.2. The van der Waals surface area contributed by atoms with E-state index in [1.54, 1.807) is 0 Å². The minimum atomic E-state index is -0.0403. The third kappa shape index (κ3) is 2.38. The van der Waals surface area contributed by atoms with E-state index in [9.17, 15) is 10.2 Å². The number of nitrogens with zero attached hydrogens (tertiary/aromatic N) is 3. The highest BCUT2D eigenvalue weighted by molar-refractivity contribution is 5.81. The van der Waals surface area contributed by atoms with E-state index in [0.717, 1.165) is 0 Å². The molecule has 0 aliphatic heterocycles. The van der Waals surface area contributed by atoms with Crippen molar-refractivity contribution in [1.82, 2.24) is 19.9 Å². The number of imidazole rings is 1. The van der Waals surface area contributed by atoms with E-state index < -0.39 is 0 Å². The topological polar surface area (TPSA) is 116 Å². The summed E-state index contributed by atoms with van der Waals surface area (Å²) >= 11 is 0. The van der Waals surface area contributed by atoms with Gasteiger partial charge in [0.05, 0.1) is 13.4 Å². The Labute approximate surface area is 119 Å². The van der Waals surface area contributed by atoms with E-state index in [4.69, 9.17) is 4.74 Å². The number of phenolic OH excluding ortho intramolecular Hbond substituents is 2. The Morgan fingerprint density at radius 2 is 2.05 bits per heavy atom. The van der Waals surface area contributed by atoms with Gasteiger partial charge in [0.1, 0.15) is 17.6 Å². The van der Waals surface area contributed by atoms with Crippen LogP contribution >= 0.6 is 0 Å². The van der Waals surface area contributed by atoms with Gasteiger partial charge >= 0.3 is 0 Å². The van der Waals surface area contributed by atoms with Crippen LogP contribution in [0.3, 0.4) is 0 Å². The Balaban J connectivity index is 1.85. The van der Waals surface area contributed by atoms with Crippen molar-refractivity contribution in [3.63, 3.8) is 0 Å². The third-order valence-electron chi connectivity index (χ3n) is 3.05. The summed E-state index contributed by atoms with van der Waals surface area (Å²) < 4.78 is 4.93. The smallest absolute Gasteiger partial charge is 0.182 e. The van der Waals surface area contributed by atoms with E-state index >= 15 is 0 Å². The summed E-state index contributed by atoms with van der Waals surface area (Å²) in [6.07, 6.45) is 2.93. The van der Waals surface area contributed by atoms with Gasteiger partial charge in [-0.05, 0) is 6.07 Å². The number of aromatic nitrogens is 4. The van der Waals surface area contributed by atoms with E-state index in [0.29, 0.717) is 22.5 Å². The fourth-order valence-electron chi connectivity index (χ4n) is 1.98. The number of nitrogens with one attached hydrogen (secondary N) is 2. The van der Waals surface area contributed by atoms with Crippen LogP contribution in [0.15, 0.2) is 24.8 Å². The van der Waals surface area contributed by atoms with Crippen LogP contribution in [-0.4, -0.2) is 37.3 Å². The van der Waals surface area contributed by atoms with Crippen molar-refractivity contribution in [1.29, 1.82) is 0 Å². The van der Waals surface area contributed by atoms with Gasteiger partial charge in [0, 0.05) is 18.2 Å². The van der Waals surface area contributed by atoms with E-state index in [2.05, 4.69) is 25.3 Å². The molecule has 2 aromatic heterocycles. The maximum absolute atomic E-state index is 9.91. The molecule has 0 aliphatic carbocycles. The number of H-pyrrole nitrogens is 1. The zero-order chi connectivity index (χ0) is 14.8. The Kier molecular flexibility index (Phi) is 3.19. The third-order valence-corrected chi connectivity index (χ3v) is 3.05. The minimum Gasteiger partial charge on any atom is -0.507 e. The van der Waals surface area contributed by atoms with Gasteiger partial charge in [-0.15, -0.1) is 0 Å². The quantitative estimate of drug-likeness (QED) is 0.536. The van der Waals surface area contributed by atoms with Gasteiger partial charge in [-0.1, -0.05) is 0 Å². The lowest BCUT2D eigenvalue weighted by Crippen LogP contribution is -2.03. The van der Waals surface area contributed by atoms with E-state index in [1.165, 1.54) is 31.9 Å². The fourth-order valence-corrected chi connectivity index (χ4v) is 1.98. The second kappa shape index (κ2) is 5.16. The first-order chi connectivity index (χ1) is 10.2. The fraction of sp³-hybridized carbons (Fsp3) is 0.154. The normalized spacial score (nSPS) is 10.7. The van der Waals surface area contributed by atoms with Crippen LogP contribution in [-0.2, 0) is 6.54 Å². The molecule has 21 heavy (non-hydrogen) atoms. The Morgan fingerprint density at radius 1 is 1.19 bits per heavy atom. The second-order valence-corrected chi connectivity index (χ2v) is 4.33. The highest BCUT2D eigenvalue weighted by atomic mass is 16.5. The molecule has 0 atom stereocenters. The summed E-state index contributed by atoms with van der Waals surface area (Å²) in [4.78, 5) is 15.1. The molecule has 4 N–H and O–H groups in total. The maximum Gasteiger partial charge on any atom is 0.182 e. The molecule has 3 rings (SSSR count). The average Bonchev–Trinajstić information content (AvgIpc) is 2.96. The average molecular weight is 287 g/mol. The molecular weight excluding hydrogens is 274 g/mol. The Hall–Kier alpha value is -3.03. The molecule has 0 aliphatic rings. The van der Waals surface area contributed by atoms with Crippen LogP contribution in [0.5, 0.6) is 17.2 Å². The van der Waals surface area contributed by atoms with Crippen molar-refractivity contribution < 1.29 is 14.9 Å². The molecule has 0 fully saturated rings. The van der Waals surface area contributed by atoms with Crippen LogP contribution in [0.25, 0.3) is 11.2 Å². The molecule has 2 heterocycles. The molecule has 0 amide bonds. The van der Waals surface area contributed by atoms with Crippen LogP contribution < -0.4 is 10.1 Å². The molecule has 0 spiro atoms. The van der Waals surface area contributed by atoms with Gasteiger partial charge in [-0.25, -0.2) is 15.0 Å². The van der Waals surface area contributed by atoms with Crippen molar-refractivity contribution >= 4 is 17.0 Å². The van der Waals surface area contributed by atoms with Crippen LogP contribution in [0.1, 0.15) is 5.56 Å². The lowest BCUT2D eigenvalue weighted by molar-refractivity contribution is 0.367. The van der Waals surface area contributed by atoms with Gasteiger partial charge in [-0.3, -0.25) is 0 Å². The summed E-state index contributed by atoms with van der Waals surface area (Å²) in [7, 11) is 1.42. The molecule has 0 saturated carbocycles. The second-order valence-electron chi connectivity index (χ2n) is 4.33. The van der Waals surface area contributed by atoms with Crippen molar-refractivity contribution in [3.8, 4) is 17.2 Å². The number of phenols is 2. The van der Waals surface area contributed by atoms with Crippen molar-refractivity contribution in [2.24, 2.45) is 0 Å². The number of fused-ring (bicyclic) bond motifs is 1. The van der Waals surface area contributed by atoms with Crippen molar-refractivity contribution in [2.75, 3.05) is 12.4 Å². The van der Waals surface area contributed by atoms with Crippen LogP contribution in [0.4, 0.5) is 5.82 Å². The summed E-state index contributed by atoms with van der Waals surface area (Å²) in [5, 5.41) is 22.7. The first kappa shape index (κ1) is 13.0. The number of hydrogen-bond donors (Lipinski definition) is 4.